The third kappa shape index (κ3) is 6.34. The van der Waals surface area contributed by atoms with E-state index >= 15 is 0 Å². The number of carboxylic acids is 1. The number of halogens is 2. The molecule has 3 aromatic rings. The van der Waals surface area contributed by atoms with Crippen LogP contribution in [0, 0.1) is 11.3 Å². The molecule has 1 aliphatic rings. The number of nitrogens with zero attached hydrogens (tertiary/aromatic N) is 2. The lowest BCUT2D eigenvalue weighted by atomic mass is 9.88. The van der Waals surface area contributed by atoms with E-state index in [1.54, 1.807) is 30.3 Å². The van der Waals surface area contributed by atoms with E-state index in [4.69, 9.17) is 28.5 Å². The van der Waals surface area contributed by atoms with Crippen molar-refractivity contribution in [3.05, 3.63) is 105 Å². The molecule has 4 rings (SSSR count). The van der Waals surface area contributed by atoms with E-state index in [2.05, 4.69) is 11.4 Å². The van der Waals surface area contributed by atoms with Crippen LogP contribution in [0.25, 0.3) is 0 Å². The number of hydrogen-bond acceptors (Lipinski definition) is 4. The van der Waals surface area contributed by atoms with Crippen LogP contribution in [0.1, 0.15) is 56.2 Å². The van der Waals surface area contributed by atoms with Gasteiger partial charge < -0.3 is 15.3 Å². The van der Waals surface area contributed by atoms with Gasteiger partial charge in [0.05, 0.1) is 27.2 Å². The monoisotopic (exact) mass is 549 g/mol. The number of carboxylic acid groups (broad SMARTS) is 1. The predicted octanol–water partition coefficient (Wildman–Crippen LogP) is 5.31. The standard InChI is InChI=1S/C29H25Cl2N3O4/c30-23-2-1-3-24(31)26(23)27(35)33-25(29(37)38)16-18-4-8-20(9-5-18)21-12-14-34(15-13-21)28(36)22-10-6-19(17-32)7-11-22/h1-11,21,25H,12-16H2,(H,33,35)(H,37,38)/t25-/m0/s1. The van der Waals surface area contributed by atoms with Crippen molar-refractivity contribution in [2.75, 3.05) is 13.1 Å². The molecule has 1 atom stereocenters. The maximum Gasteiger partial charge on any atom is 0.326 e. The molecule has 0 aromatic heterocycles. The van der Waals surface area contributed by atoms with Crippen molar-refractivity contribution in [2.45, 2.75) is 31.2 Å². The molecule has 0 spiro atoms. The minimum atomic E-state index is -1.16. The Hall–Kier alpha value is -3.86. The van der Waals surface area contributed by atoms with Gasteiger partial charge >= 0.3 is 5.97 Å². The second kappa shape index (κ2) is 12.1. The van der Waals surface area contributed by atoms with Gasteiger partial charge in [0.25, 0.3) is 11.8 Å². The molecule has 1 aliphatic heterocycles. The summed E-state index contributed by atoms with van der Waals surface area (Å²) in [6, 6.07) is 19.9. The highest BCUT2D eigenvalue weighted by Crippen LogP contribution is 2.29. The molecule has 1 saturated heterocycles. The highest BCUT2D eigenvalue weighted by molar-refractivity contribution is 6.39. The molecule has 2 amide bonds. The summed E-state index contributed by atoms with van der Waals surface area (Å²) in [4.78, 5) is 39.1. The highest BCUT2D eigenvalue weighted by Gasteiger charge is 2.26. The molecule has 0 unspecified atom stereocenters. The van der Waals surface area contributed by atoms with Gasteiger partial charge in [-0.3, -0.25) is 9.59 Å². The quantitative estimate of drug-likeness (QED) is 0.414. The van der Waals surface area contributed by atoms with Crippen molar-refractivity contribution < 1.29 is 19.5 Å². The van der Waals surface area contributed by atoms with Crippen LogP contribution in [0.15, 0.2) is 66.7 Å². The van der Waals surface area contributed by atoms with Crippen LogP contribution in [-0.4, -0.2) is 46.9 Å². The van der Waals surface area contributed by atoms with Crippen LogP contribution in [0.5, 0.6) is 0 Å². The van der Waals surface area contributed by atoms with E-state index in [-0.39, 0.29) is 33.9 Å². The Morgan fingerprint density at radius 2 is 1.58 bits per heavy atom. The Labute approximate surface area is 230 Å². The van der Waals surface area contributed by atoms with Gasteiger partial charge in [0.1, 0.15) is 6.04 Å². The SMILES string of the molecule is N#Cc1ccc(C(=O)N2CCC(c3ccc(C[C@H](NC(=O)c4c(Cl)cccc4Cl)C(=O)O)cc3)CC2)cc1. The van der Waals surface area contributed by atoms with Crippen molar-refractivity contribution in [2.24, 2.45) is 0 Å². The Morgan fingerprint density at radius 3 is 2.13 bits per heavy atom. The minimum absolute atomic E-state index is 0.0388. The number of likely N-dealkylation sites (tertiary alicyclic amines) is 1. The van der Waals surface area contributed by atoms with Crippen molar-refractivity contribution in [3.63, 3.8) is 0 Å². The maximum absolute atomic E-state index is 12.8. The van der Waals surface area contributed by atoms with Crippen molar-refractivity contribution in [1.82, 2.24) is 10.2 Å². The fraction of sp³-hybridized carbons (Fsp3) is 0.241. The molecule has 7 nitrogen and oxygen atoms in total. The number of amides is 2. The molecule has 1 fully saturated rings. The lowest BCUT2D eigenvalue weighted by Crippen LogP contribution is -2.42. The summed E-state index contributed by atoms with van der Waals surface area (Å²) in [5.74, 6) is -1.56. The largest absolute Gasteiger partial charge is 0.480 e. The fourth-order valence-corrected chi connectivity index (χ4v) is 5.16. The Bertz CT molecular complexity index is 1360. The van der Waals surface area contributed by atoms with Gasteiger partial charge in [-0.05, 0) is 66.3 Å². The number of carbonyl (C=O) groups is 3. The van der Waals surface area contributed by atoms with E-state index in [9.17, 15) is 19.5 Å². The summed E-state index contributed by atoms with van der Waals surface area (Å²) in [7, 11) is 0. The molecule has 194 valence electrons. The number of nitrogens with one attached hydrogen (secondary N) is 1. The summed E-state index contributed by atoms with van der Waals surface area (Å²) in [6.07, 6.45) is 1.72. The van der Waals surface area contributed by atoms with Gasteiger partial charge in [0.2, 0.25) is 0 Å². The summed E-state index contributed by atoms with van der Waals surface area (Å²) >= 11 is 12.2. The lowest BCUT2D eigenvalue weighted by molar-refractivity contribution is -0.139. The lowest BCUT2D eigenvalue weighted by Gasteiger charge is -2.32. The normalized spacial score (nSPS) is 14.4. The predicted molar refractivity (Wildman–Crippen MR) is 145 cm³/mol. The van der Waals surface area contributed by atoms with E-state index in [0.717, 1.165) is 24.0 Å². The third-order valence-electron chi connectivity index (χ3n) is 6.73. The zero-order valence-electron chi connectivity index (χ0n) is 20.4. The number of aliphatic carboxylic acids is 1. The highest BCUT2D eigenvalue weighted by atomic mass is 35.5. The molecule has 0 aliphatic carbocycles. The maximum atomic E-state index is 12.8. The first-order valence-electron chi connectivity index (χ1n) is 12.1. The zero-order valence-corrected chi connectivity index (χ0v) is 21.9. The van der Waals surface area contributed by atoms with E-state index in [1.807, 2.05) is 29.2 Å². The number of nitriles is 1. The topological polar surface area (TPSA) is 111 Å². The molecule has 0 saturated carbocycles. The molecule has 0 radical (unpaired) electrons. The first-order valence-corrected chi connectivity index (χ1v) is 12.9. The number of hydrogen-bond donors (Lipinski definition) is 2. The molecule has 9 heteroatoms. The summed E-state index contributed by atoms with van der Waals surface area (Å²) < 4.78 is 0. The average Bonchev–Trinajstić information content (AvgIpc) is 2.92. The van der Waals surface area contributed by atoms with Crippen LogP contribution >= 0.6 is 23.2 Å². The van der Waals surface area contributed by atoms with Crippen LogP contribution in [0.4, 0.5) is 0 Å². The van der Waals surface area contributed by atoms with Gasteiger partial charge in [-0.25, -0.2) is 4.79 Å². The van der Waals surface area contributed by atoms with Crippen LogP contribution in [0.3, 0.4) is 0 Å². The van der Waals surface area contributed by atoms with E-state index in [1.165, 1.54) is 12.1 Å². The number of rotatable bonds is 7. The van der Waals surface area contributed by atoms with Crippen LogP contribution in [-0.2, 0) is 11.2 Å². The number of carbonyl (C=O) groups excluding carboxylic acids is 2. The Balaban J connectivity index is 1.35. The van der Waals surface area contributed by atoms with Crippen molar-refractivity contribution >= 4 is 41.0 Å². The Morgan fingerprint density at radius 1 is 0.974 bits per heavy atom. The minimum Gasteiger partial charge on any atom is -0.480 e. The van der Waals surface area contributed by atoms with Crippen molar-refractivity contribution in [1.29, 1.82) is 5.26 Å². The Kier molecular flexibility index (Phi) is 8.67. The van der Waals surface area contributed by atoms with Crippen LogP contribution in [0.2, 0.25) is 10.0 Å². The number of piperidine rings is 1. The molecular formula is C29H25Cl2N3O4. The third-order valence-corrected chi connectivity index (χ3v) is 7.36. The van der Waals surface area contributed by atoms with Gasteiger partial charge in [-0.15, -0.1) is 0 Å². The fourth-order valence-electron chi connectivity index (χ4n) is 4.59. The van der Waals surface area contributed by atoms with E-state index in [0.29, 0.717) is 24.2 Å². The average molecular weight is 550 g/mol. The summed E-state index contributed by atoms with van der Waals surface area (Å²) in [6.45, 7) is 1.26. The first-order chi connectivity index (χ1) is 18.3. The molecular weight excluding hydrogens is 525 g/mol. The van der Waals surface area contributed by atoms with Gasteiger partial charge in [-0.2, -0.15) is 5.26 Å². The second-order valence-electron chi connectivity index (χ2n) is 9.16. The van der Waals surface area contributed by atoms with Gasteiger partial charge in [0, 0.05) is 25.1 Å². The summed E-state index contributed by atoms with van der Waals surface area (Å²) in [5.41, 5.74) is 3.02. The van der Waals surface area contributed by atoms with Gasteiger partial charge in [-0.1, -0.05) is 53.5 Å². The zero-order chi connectivity index (χ0) is 27.2. The van der Waals surface area contributed by atoms with Gasteiger partial charge in [0.15, 0.2) is 0 Å². The molecule has 3 aromatic carbocycles. The second-order valence-corrected chi connectivity index (χ2v) is 9.98. The first kappa shape index (κ1) is 27.2. The molecule has 38 heavy (non-hydrogen) atoms. The smallest absolute Gasteiger partial charge is 0.326 e. The molecule has 1 heterocycles. The summed E-state index contributed by atoms with van der Waals surface area (Å²) in [5, 5.41) is 21.4. The number of benzene rings is 3. The molecule has 0 bridgehead atoms. The van der Waals surface area contributed by atoms with Crippen molar-refractivity contribution in [3.8, 4) is 6.07 Å². The van der Waals surface area contributed by atoms with Crippen LogP contribution < -0.4 is 5.32 Å². The molecule has 2 N–H and O–H groups in total. The van der Waals surface area contributed by atoms with E-state index < -0.39 is 17.9 Å².